The van der Waals surface area contributed by atoms with Gasteiger partial charge < -0.3 is 29.4 Å². The van der Waals surface area contributed by atoms with Crippen molar-refractivity contribution >= 4 is 29.7 Å². The molecule has 0 aliphatic carbocycles. The molecule has 1 aliphatic rings. The highest BCUT2D eigenvalue weighted by atomic mass is 35.5. The van der Waals surface area contributed by atoms with E-state index >= 15 is 0 Å². The number of carbonyl (C=O) groups is 3. The summed E-state index contributed by atoms with van der Waals surface area (Å²) in [7, 11) is 1.53. The molecule has 1 unspecified atom stereocenters. The molecule has 1 atom stereocenters. The Balaban J connectivity index is 1.77. The van der Waals surface area contributed by atoms with Crippen LogP contribution in [0.15, 0.2) is 53.8 Å². The average molecular weight is 588 g/mol. The van der Waals surface area contributed by atoms with Crippen LogP contribution in [0.5, 0.6) is 0 Å². The van der Waals surface area contributed by atoms with Gasteiger partial charge in [-0.3, -0.25) is 9.59 Å². The second-order valence-corrected chi connectivity index (χ2v) is 10.5. The predicted octanol–water partition coefficient (Wildman–Crippen LogP) is 5.00. The van der Waals surface area contributed by atoms with Crippen molar-refractivity contribution in [1.82, 2.24) is 15.1 Å². The Morgan fingerprint density at radius 1 is 1.22 bits per heavy atom. The fourth-order valence-corrected chi connectivity index (χ4v) is 4.89. The van der Waals surface area contributed by atoms with Crippen LogP contribution in [-0.4, -0.2) is 80.4 Å². The number of likely N-dealkylation sites (N-methyl/N-ethyl adjacent to an activating group) is 2. The van der Waals surface area contributed by atoms with E-state index < -0.39 is 6.04 Å². The minimum Gasteiger partial charge on any atom is -0.501 e. The van der Waals surface area contributed by atoms with Crippen LogP contribution < -0.4 is 5.32 Å². The van der Waals surface area contributed by atoms with Crippen LogP contribution in [0.2, 0.25) is 5.02 Å². The van der Waals surface area contributed by atoms with Crippen molar-refractivity contribution in [2.24, 2.45) is 0 Å². The molecule has 226 valence electrons. The van der Waals surface area contributed by atoms with Gasteiger partial charge in [0.15, 0.2) is 0 Å². The first kappa shape index (κ1) is 34.3. The molecule has 1 aromatic carbocycles. The summed E-state index contributed by atoms with van der Waals surface area (Å²) in [4.78, 5) is 40.4. The van der Waals surface area contributed by atoms with Crippen molar-refractivity contribution in [1.29, 1.82) is 0 Å². The molecule has 2 rings (SSSR count). The Kier molecular flexibility index (Phi) is 16.1. The highest BCUT2D eigenvalue weighted by Gasteiger charge is 2.37. The number of ether oxygens (including phenoxy) is 2. The zero-order valence-electron chi connectivity index (χ0n) is 25.0. The van der Waals surface area contributed by atoms with E-state index in [1.54, 1.807) is 18.4 Å². The van der Waals surface area contributed by atoms with Crippen molar-refractivity contribution < 1.29 is 23.9 Å². The normalized spacial score (nSPS) is 16.3. The predicted molar refractivity (Wildman–Crippen MR) is 164 cm³/mol. The van der Waals surface area contributed by atoms with Gasteiger partial charge in [-0.15, -0.1) is 0 Å². The van der Waals surface area contributed by atoms with Crippen LogP contribution in [-0.2, 0) is 30.5 Å². The number of aryl methyl sites for hydroxylation is 1. The van der Waals surface area contributed by atoms with E-state index in [4.69, 9.17) is 21.1 Å². The van der Waals surface area contributed by atoms with Crippen molar-refractivity contribution in [2.75, 3.05) is 46.4 Å². The molecule has 9 heteroatoms. The van der Waals surface area contributed by atoms with Gasteiger partial charge in [0, 0.05) is 36.2 Å². The van der Waals surface area contributed by atoms with Gasteiger partial charge in [0.2, 0.25) is 5.91 Å². The molecule has 0 spiro atoms. The zero-order chi connectivity index (χ0) is 30.0. The number of nitrogens with one attached hydrogen (secondary N) is 1. The summed E-state index contributed by atoms with van der Waals surface area (Å²) in [6.45, 7) is 11.0. The summed E-state index contributed by atoms with van der Waals surface area (Å²) in [5.41, 5.74) is 3.55. The summed E-state index contributed by atoms with van der Waals surface area (Å²) >= 11 is 6.03. The Morgan fingerprint density at radius 2 is 2.02 bits per heavy atom. The van der Waals surface area contributed by atoms with Gasteiger partial charge in [0.25, 0.3) is 5.91 Å². The monoisotopic (exact) mass is 587 g/mol. The first-order valence-electron chi connectivity index (χ1n) is 14.5. The highest BCUT2D eigenvalue weighted by Crippen LogP contribution is 2.27. The second kappa shape index (κ2) is 19.2. The van der Waals surface area contributed by atoms with Crippen LogP contribution >= 0.6 is 11.6 Å². The summed E-state index contributed by atoms with van der Waals surface area (Å²) in [6, 6.07) is 5.17. The van der Waals surface area contributed by atoms with Gasteiger partial charge in [-0.25, -0.2) is 0 Å². The van der Waals surface area contributed by atoms with E-state index in [0.717, 1.165) is 66.9 Å². The topological polar surface area (TPSA) is 88.2 Å². The van der Waals surface area contributed by atoms with Crippen LogP contribution in [0.1, 0.15) is 57.1 Å². The second-order valence-electron chi connectivity index (χ2n) is 10.0. The maximum absolute atomic E-state index is 13.1. The number of amides is 2. The van der Waals surface area contributed by atoms with Gasteiger partial charge in [0.05, 0.1) is 32.6 Å². The third-order valence-corrected chi connectivity index (χ3v) is 7.37. The van der Waals surface area contributed by atoms with E-state index in [9.17, 15) is 14.4 Å². The fraction of sp³-hybridized carbons (Fsp3) is 0.531. The van der Waals surface area contributed by atoms with Crippen molar-refractivity contribution in [2.45, 2.75) is 65.5 Å². The van der Waals surface area contributed by atoms with Crippen LogP contribution in [0.3, 0.4) is 0 Å². The highest BCUT2D eigenvalue weighted by molar-refractivity contribution is 6.30. The number of allylic oxidation sites excluding steroid dienone is 3. The lowest BCUT2D eigenvalue weighted by Gasteiger charge is -2.25. The minimum atomic E-state index is -0.703. The number of nitrogens with zero attached hydrogens (tertiary/aromatic N) is 2. The number of aldehydes is 1. The molecular formula is C32H46ClN3O5. The molecule has 1 fully saturated rings. The van der Waals surface area contributed by atoms with E-state index in [2.05, 4.69) is 17.1 Å². The van der Waals surface area contributed by atoms with E-state index in [-0.39, 0.29) is 31.2 Å². The lowest BCUT2D eigenvalue weighted by Crippen LogP contribution is -2.46. The number of rotatable bonds is 19. The number of unbranched alkanes of at least 4 members (excludes halogenated alkanes) is 2. The molecule has 1 heterocycles. The molecule has 2 amide bonds. The SMILES string of the molecule is C\C=C/C=C1/C(=O)N(C(CCC=O)C(=O)NC)C/C1=C\OCCCCCN(CC)CCOCc1ccc(Cl)cc1C. The smallest absolute Gasteiger partial charge is 0.255 e. The van der Waals surface area contributed by atoms with E-state index in [1.807, 2.05) is 38.1 Å². The van der Waals surface area contributed by atoms with Crippen LogP contribution in [0.4, 0.5) is 0 Å². The first-order chi connectivity index (χ1) is 19.9. The van der Waals surface area contributed by atoms with Crippen LogP contribution in [0, 0.1) is 6.92 Å². The Labute approximate surface area is 250 Å². The lowest BCUT2D eigenvalue weighted by atomic mass is 10.1. The third-order valence-electron chi connectivity index (χ3n) is 7.14. The number of hydrogen-bond acceptors (Lipinski definition) is 6. The summed E-state index contributed by atoms with van der Waals surface area (Å²) in [5.74, 6) is -0.513. The summed E-state index contributed by atoms with van der Waals surface area (Å²) in [6.07, 6.45) is 11.3. The number of likely N-dealkylation sites (tertiary alicyclic amines) is 1. The third kappa shape index (κ3) is 11.5. The molecule has 41 heavy (non-hydrogen) atoms. The number of benzene rings is 1. The van der Waals surface area contributed by atoms with Crippen molar-refractivity contribution in [3.8, 4) is 0 Å². The largest absolute Gasteiger partial charge is 0.501 e. The molecular weight excluding hydrogens is 542 g/mol. The summed E-state index contributed by atoms with van der Waals surface area (Å²) < 4.78 is 11.7. The van der Waals surface area contributed by atoms with Gasteiger partial charge in [-0.05, 0) is 82.0 Å². The van der Waals surface area contributed by atoms with E-state index in [0.29, 0.717) is 25.4 Å². The molecule has 0 aromatic heterocycles. The molecule has 1 aliphatic heterocycles. The standard InChI is InChI=1S/C32H46ClN3O5/c1-5-7-12-29-27(22-36(32(29)39)30(13-11-18-37)31(38)34-4)24-40-19-10-8-9-16-35(6-2)17-20-41-23-26-14-15-28(33)21-25(26)3/h5,7,12,14-15,18,21,24,30H,6,8-11,13,16-17,19-20,22-23H2,1-4H3,(H,34,38)/b7-5-,27-24+,29-12+. The Morgan fingerprint density at radius 3 is 2.71 bits per heavy atom. The molecule has 8 nitrogen and oxygen atoms in total. The molecule has 0 saturated carbocycles. The maximum atomic E-state index is 13.1. The maximum Gasteiger partial charge on any atom is 0.255 e. The average Bonchev–Trinajstić information content (AvgIpc) is 3.27. The minimum absolute atomic E-state index is 0.205. The van der Waals surface area contributed by atoms with Crippen LogP contribution in [0.25, 0.3) is 0 Å². The lowest BCUT2D eigenvalue weighted by molar-refractivity contribution is -0.136. The molecule has 0 bridgehead atoms. The van der Waals surface area contributed by atoms with Crippen molar-refractivity contribution in [3.63, 3.8) is 0 Å². The van der Waals surface area contributed by atoms with Gasteiger partial charge >= 0.3 is 0 Å². The molecule has 0 radical (unpaired) electrons. The van der Waals surface area contributed by atoms with Gasteiger partial charge in [-0.1, -0.05) is 36.7 Å². The Bertz CT molecular complexity index is 1090. The number of halogens is 1. The van der Waals surface area contributed by atoms with Gasteiger partial charge in [-0.2, -0.15) is 0 Å². The molecule has 1 aromatic rings. The number of hydrogen-bond donors (Lipinski definition) is 1. The fourth-order valence-electron chi connectivity index (χ4n) is 4.66. The molecule has 1 saturated heterocycles. The molecule has 1 N–H and O–H groups in total. The number of carbonyl (C=O) groups excluding carboxylic acids is 3. The van der Waals surface area contributed by atoms with E-state index in [1.165, 1.54) is 11.9 Å². The Hall–Kier alpha value is -2.94. The quantitative estimate of drug-likeness (QED) is 0.106. The zero-order valence-corrected chi connectivity index (χ0v) is 25.8. The van der Waals surface area contributed by atoms with Crippen molar-refractivity contribution in [3.05, 3.63) is 70.0 Å². The first-order valence-corrected chi connectivity index (χ1v) is 14.9. The summed E-state index contributed by atoms with van der Waals surface area (Å²) in [5, 5.41) is 3.35. The van der Waals surface area contributed by atoms with Gasteiger partial charge in [0.1, 0.15) is 12.3 Å².